The number of aliphatic imine (C=N–C) groups is 1. The zero-order valence-corrected chi connectivity index (χ0v) is 14.5. The van der Waals surface area contributed by atoms with E-state index >= 15 is 0 Å². The van der Waals surface area contributed by atoms with Crippen LogP contribution in [0.15, 0.2) is 4.99 Å². The second-order valence-electron chi connectivity index (χ2n) is 5.07. The number of halogens is 1. The molecule has 1 amide bonds. The van der Waals surface area contributed by atoms with Gasteiger partial charge in [-0.2, -0.15) is 0 Å². The fraction of sp³-hybridized carbons (Fsp3) is 0.846. The van der Waals surface area contributed by atoms with Crippen molar-refractivity contribution in [2.45, 2.75) is 45.6 Å². The first-order valence-corrected chi connectivity index (χ1v) is 6.88. The van der Waals surface area contributed by atoms with Gasteiger partial charge in [0.05, 0.1) is 0 Å². The van der Waals surface area contributed by atoms with Crippen LogP contribution in [-0.2, 0) is 4.79 Å². The highest BCUT2D eigenvalue weighted by Crippen LogP contribution is 2.17. The van der Waals surface area contributed by atoms with Gasteiger partial charge in [-0.05, 0) is 12.8 Å². The number of carbonyl (C=O) groups is 1. The minimum absolute atomic E-state index is 0. The monoisotopic (exact) mass is 382 g/mol. The molecule has 1 aliphatic carbocycles. The number of nitrogens with one attached hydrogen (secondary N) is 3. The van der Waals surface area contributed by atoms with Gasteiger partial charge in [-0.1, -0.05) is 26.7 Å². The highest BCUT2D eigenvalue weighted by atomic mass is 127. The number of guanidine groups is 1. The summed E-state index contributed by atoms with van der Waals surface area (Å²) in [4.78, 5) is 15.5. The van der Waals surface area contributed by atoms with Crippen LogP contribution in [0, 0.1) is 5.92 Å². The third-order valence-electron chi connectivity index (χ3n) is 3.16. The molecule has 6 heteroatoms. The van der Waals surface area contributed by atoms with Crippen molar-refractivity contribution < 1.29 is 4.79 Å². The van der Waals surface area contributed by atoms with Crippen molar-refractivity contribution in [2.24, 2.45) is 10.9 Å². The second-order valence-corrected chi connectivity index (χ2v) is 5.07. The molecule has 1 saturated carbocycles. The number of rotatable bonds is 5. The summed E-state index contributed by atoms with van der Waals surface area (Å²) in [6.45, 7) is 5.11. The van der Waals surface area contributed by atoms with Crippen molar-refractivity contribution in [3.05, 3.63) is 0 Å². The fourth-order valence-corrected chi connectivity index (χ4v) is 2.03. The van der Waals surface area contributed by atoms with E-state index in [0.29, 0.717) is 19.1 Å². The van der Waals surface area contributed by atoms with E-state index in [4.69, 9.17) is 0 Å². The highest BCUT2D eigenvalue weighted by Gasteiger charge is 2.15. The van der Waals surface area contributed by atoms with Crippen LogP contribution >= 0.6 is 24.0 Å². The predicted octanol–water partition coefficient (Wildman–Crippen LogP) is 1.48. The SMILES string of the molecule is CN=C(NCCNC(=O)C(C)C)NC1CCCC1.I. The second kappa shape index (κ2) is 10.3. The smallest absolute Gasteiger partial charge is 0.222 e. The van der Waals surface area contributed by atoms with Gasteiger partial charge in [-0.15, -0.1) is 24.0 Å². The molecule has 0 aromatic heterocycles. The lowest BCUT2D eigenvalue weighted by Crippen LogP contribution is -2.45. The molecule has 0 aliphatic heterocycles. The Kier molecular flexibility index (Phi) is 9.99. The van der Waals surface area contributed by atoms with E-state index in [1.165, 1.54) is 25.7 Å². The van der Waals surface area contributed by atoms with E-state index in [9.17, 15) is 4.79 Å². The molecule has 3 N–H and O–H groups in total. The summed E-state index contributed by atoms with van der Waals surface area (Å²) < 4.78 is 0. The van der Waals surface area contributed by atoms with Crippen molar-refractivity contribution in [1.29, 1.82) is 0 Å². The summed E-state index contributed by atoms with van der Waals surface area (Å²) in [7, 11) is 1.77. The summed E-state index contributed by atoms with van der Waals surface area (Å²) in [5, 5.41) is 9.49. The van der Waals surface area contributed by atoms with Crippen molar-refractivity contribution >= 4 is 35.8 Å². The lowest BCUT2D eigenvalue weighted by molar-refractivity contribution is -0.123. The van der Waals surface area contributed by atoms with Crippen molar-refractivity contribution in [1.82, 2.24) is 16.0 Å². The Balaban J connectivity index is 0.00000324. The molecule has 0 atom stereocenters. The lowest BCUT2D eigenvalue weighted by atomic mass is 10.2. The molecule has 19 heavy (non-hydrogen) atoms. The fourth-order valence-electron chi connectivity index (χ4n) is 2.03. The Morgan fingerprint density at radius 2 is 1.79 bits per heavy atom. The predicted molar refractivity (Wildman–Crippen MR) is 90.0 cm³/mol. The summed E-state index contributed by atoms with van der Waals surface area (Å²) in [6.07, 6.45) is 5.06. The average Bonchev–Trinajstić information content (AvgIpc) is 2.85. The third kappa shape index (κ3) is 7.59. The highest BCUT2D eigenvalue weighted by molar-refractivity contribution is 14.0. The first-order valence-electron chi connectivity index (χ1n) is 6.88. The maximum absolute atomic E-state index is 11.4. The molecule has 5 nitrogen and oxygen atoms in total. The van der Waals surface area contributed by atoms with Gasteiger partial charge in [0.15, 0.2) is 5.96 Å². The minimum Gasteiger partial charge on any atom is -0.355 e. The molecule has 1 aliphatic rings. The van der Waals surface area contributed by atoms with E-state index < -0.39 is 0 Å². The van der Waals surface area contributed by atoms with E-state index in [1.54, 1.807) is 7.05 Å². The maximum Gasteiger partial charge on any atom is 0.222 e. The summed E-state index contributed by atoms with van der Waals surface area (Å²) in [5.41, 5.74) is 0. The molecule has 1 fully saturated rings. The number of hydrogen-bond acceptors (Lipinski definition) is 2. The van der Waals surface area contributed by atoms with Crippen LogP contribution in [-0.4, -0.2) is 38.0 Å². The minimum atomic E-state index is 0. The van der Waals surface area contributed by atoms with Crippen LogP contribution < -0.4 is 16.0 Å². The van der Waals surface area contributed by atoms with Crippen molar-refractivity contribution in [3.63, 3.8) is 0 Å². The quantitative estimate of drug-likeness (QED) is 0.292. The number of nitrogens with zero attached hydrogens (tertiary/aromatic N) is 1. The van der Waals surface area contributed by atoms with E-state index in [0.717, 1.165) is 5.96 Å². The molecule has 0 radical (unpaired) electrons. The molecule has 1 rings (SSSR count). The topological polar surface area (TPSA) is 65.5 Å². The first kappa shape index (κ1) is 18.5. The number of amides is 1. The van der Waals surface area contributed by atoms with Crippen LogP contribution in [0.2, 0.25) is 0 Å². The van der Waals surface area contributed by atoms with Crippen molar-refractivity contribution in [2.75, 3.05) is 20.1 Å². The number of hydrogen-bond donors (Lipinski definition) is 3. The molecule has 0 unspecified atom stereocenters. The number of carbonyl (C=O) groups excluding carboxylic acids is 1. The molecule has 0 heterocycles. The van der Waals surface area contributed by atoms with Gasteiger partial charge >= 0.3 is 0 Å². The molecular formula is C13H27IN4O. The first-order chi connectivity index (χ1) is 8.63. The summed E-state index contributed by atoms with van der Waals surface area (Å²) in [5.74, 6) is 0.970. The van der Waals surface area contributed by atoms with Crippen LogP contribution in [0.25, 0.3) is 0 Å². The standard InChI is InChI=1S/C13H26N4O.HI/c1-10(2)12(18)15-8-9-16-13(14-3)17-11-6-4-5-7-11;/h10-11H,4-9H2,1-3H3,(H,15,18)(H2,14,16,17);1H. The van der Waals surface area contributed by atoms with Gasteiger partial charge in [0.2, 0.25) is 5.91 Å². The molecule has 0 saturated heterocycles. The largest absolute Gasteiger partial charge is 0.355 e. The Hall–Kier alpha value is -0.530. The van der Waals surface area contributed by atoms with E-state index in [1.807, 2.05) is 13.8 Å². The van der Waals surface area contributed by atoms with Crippen LogP contribution in [0.1, 0.15) is 39.5 Å². The van der Waals surface area contributed by atoms with Crippen LogP contribution in [0.3, 0.4) is 0 Å². The average molecular weight is 382 g/mol. The molecule has 0 aromatic carbocycles. The summed E-state index contributed by atoms with van der Waals surface area (Å²) >= 11 is 0. The van der Waals surface area contributed by atoms with Gasteiger partial charge in [-0.25, -0.2) is 0 Å². The van der Waals surface area contributed by atoms with Gasteiger partial charge in [0.1, 0.15) is 0 Å². The summed E-state index contributed by atoms with van der Waals surface area (Å²) in [6, 6.07) is 0.557. The molecule has 0 aromatic rings. The Labute approximate surface area is 133 Å². The normalized spacial score (nSPS) is 16.1. The van der Waals surface area contributed by atoms with Crippen LogP contribution in [0.5, 0.6) is 0 Å². The Morgan fingerprint density at radius 1 is 1.21 bits per heavy atom. The van der Waals surface area contributed by atoms with Gasteiger partial charge in [-0.3, -0.25) is 9.79 Å². The third-order valence-corrected chi connectivity index (χ3v) is 3.16. The van der Waals surface area contributed by atoms with Crippen LogP contribution in [0.4, 0.5) is 0 Å². The molecule has 112 valence electrons. The van der Waals surface area contributed by atoms with E-state index in [-0.39, 0.29) is 35.8 Å². The Bertz CT molecular complexity index is 288. The zero-order valence-electron chi connectivity index (χ0n) is 12.2. The van der Waals surface area contributed by atoms with Gasteiger partial charge < -0.3 is 16.0 Å². The Morgan fingerprint density at radius 3 is 2.32 bits per heavy atom. The zero-order chi connectivity index (χ0) is 13.4. The van der Waals surface area contributed by atoms with E-state index in [2.05, 4.69) is 20.9 Å². The molecule has 0 bridgehead atoms. The van der Waals surface area contributed by atoms with Gasteiger partial charge in [0, 0.05) is 32.1 Å². The molecular weight excluding hydrogens is 355 g/mol. The maximum atomic E-state index is 11.4. The molecule has 0 spiro atoms. The lowest BCUT2D eigenvalue weighted by Gasteiger charge is -2.17. The van der Waals surface area contributed by atoms with Crippen molar-refractivity contribution in [3.8, 4) is 0 Å². The van der Waals surface area contributed by atoms with Gasteiger partial charge in [0.25, 0.3) is 0 Å².